The second-order valence-electron chi connectivity index (χ2n) is 5.73. The fourth-order valence-corrected chi connectivity index (χ4v) is 1.91. The smallest absolute Gasteiger partial charge is 0.326 e. The standard InChI is InChI=1S/C14H23N3O3/c1-8(2)6-11(14(19)20)15-13(18)12-7-10(9(3)4)16-17(12)5/h7-9,11H,6H2,1-5H3,(H,15,18)(H,19,20)/t11-/m1/s1. The van der Waals surface area contributed by atoms with E-state index in [2.05, 4.69) is 10.4 Å². The lowest BCUT2D eigenvalue weighted by Gasteiger charge is -2.16. The number of aromatic nitrogens is 2. The molecule has 112 valence electrons. The normalized spacial score (nSPS) is 12.8. The number of carboxylic acid groups (broad SMARTS) is 1. The van der Waals surface area contributed by atoms with Crippen molar-refractivity contribution < 1.29 is 14.7 Å². The van der Waals surface area contributed by atoms with E-state index in [1.807, 2.05) is 27.7 Å². The number of amides is 1. The van der Waals surface area contributed by atoms with Gasteiger partial charge in [0, 0.05) is 7.05 Å². The van der Waals surface area contributed by atoms with Gasteiger partial charge in [-0.1, -0.05) is 27.7 Å². The van der Waals surface area contributed by atoms with Gasteiger partial charge in [0.2, 0.25) is 0 Å². The van der Waals surface area contributed by atoms with Gasteiger partial charge in [-0.25, -0.2) is 4.79 Å². The van der Waals surface area contributed by atoms with Crippen molar-refractivity contribution in [2.45, 2.75) is 46.1 Å². The molecule has 0 bridgehead atoms. The third kappa shape index (κ3) is 4.08. The van der Waals surface area contributed by atoms with Crippen LogP contribution in [0.25, 0.3) is 0 Å². The lowest BCUT2D eigenvalue weighted by molar-refractivity contribution is -0.139. The van der Waals surface area contributed by atoms with Gasteiger partial charge in [0.05, 0.1) is 5.69 Å². The number of nitrogens with zero attached hydrogens (tertiary/aromatic N) is 2. The highest BCUT2D eigenvalue weighted by Gasteiger charge is 2.23. The second kappa shape index (κ2) is 6.54. The molecule has 0 spiro atoms. The Kier molecular flexibility index (Phi) is 5.30. The summed E-state index contributed by atoms with van der Waals surface area (Å²) in [6, 6.07) is 0.828. The zero-order valence-electron chi connectivity index (χ0n) is 12.7. The molecule has 0 radical (unpaired) electrons. The van der Waals surface area contributed by atoms with Crippen LogP contribution in [-0.4, -0.2) is 32.8 Å². The van der Waals surface area contributed by atoms with E-state index in [1.54, 1.807) is 13.1 Å². The molecule has 1 amide bonds. The third-order valence-electron chi connectivity index (χ3n) is 3.03. The fourth-order valence-electron chi connectivity index (χ4n) is 1.91. The van der Waals surface area contributed by atoms with Crippen LogP contribution in [0.2, 0.25) is 0 Å². The Morgan fingerprint density at radius 3 is 2.35 bits per heavy atom. The zero-order chi connectivity index (χ0) is 15.4. The molecule has 0 fully saturated rings. The molecule has 0 aliphatic heterocycles. The van der Waals surface area contributed by atoms with Gasteiger partial charge in [0.15, 0.2) is 0 Å². The van der Waals surface area contributed by atoms with Crippen LogP contribution < -0.4 is 5.32 Å². The Bertz CT molecular complexity index is 492. The van der Waals surface area contributed by atoms with Crippen LogP contribution in [-0.2, 0) is 11.8 Å². The molecule has 0 saturated carbocycles. The molecule has 1 rings (SSSR count). The van der Waals surface area contributed by atoms with E-state index in [1.165, 1.54) is 4.68 Å². The minimum absolute atomic E-state index is 0.189. The molecule has 0 aliphatic carbocycles. The van der Waals surface area contributed by atoms with Crippen LogP contribution in [0.1, 0.15) is 56.2 Å². The van der Waals surface area contributed by atoms with E-state index in [4.69, 9.17) is 5.11 Å². The Labute approximate surface area is 119 Å². The molecular weight excluding hydrogens is 258 g/mol. The second-order valence-corrected chi connectivity index (χ2v) is 5.73. The fraction of sp³-hybridized carbons (Fsp3) is 0.643. The molecule has 20 heavy (non-hydrogen) atoms. The lowest BCUT2D eigenvalue weighted by Crippen LogP contribution is -2.42. The highest BCUT2D eigenvalue weighted by molar-refractivity contribution is 5.95. The number of nitrogens with one attached hydrogen (secondary N) is 1. The number of aliphatic carboxylic acids is 1. The number of rotatable bonds is 6. The van der Waals surface area contributed by atoms with Crippen LogP contribution in [0.15, 0.2) is 6.07 Å². The molecular formula is C14H23N3O3. The van der Waals surface area contributed by atoms with Crippen LogP contribution in [0.3, 0.4) is 0 Å². The van der Waals surface area contributed by atoms with Crippen LogP contribution in [0.4, 0.5) is 0 Å². The molecule has 0 unspecified atom stereocenters. The molecule has 0 aliphatic rings. The van der Waals surface area contributed by atoms with Gasteiger partial charge < -0.3 is 10.4 Å². The third-order valence-corrected chi connectivity index (χ3v) is 3.03. The van der Waals surface area contributed by atoms with Crippen molar-refractivity contribution in [2.75, 3.05) is 0 Å². The van der Waals surface area contributed by atoms with Gasteiger partial charge in [0.1, 0.15) is 11.7 Å². The number of carboxylic acids is 1. The molecule has 6 nitrogen and oxygen atoms in total. The first-order chi connectivity index (χ1) is 9.22. The number of carbonyl (C=O) groups excluding carboxylic acids is 1. The summed E-state index contributed by atoms with van der Waals surface area (Å²) in [5.41, 5.74) is 1.19. The Balaban J connectivity index is 2.86. The summed E-state index contributed by atoms with van der Waals surface area (Å²) in [5, 5.41) is 16.0. The summed E-state index contributed by atoms with van der Waals surface area (Å²) >= 11 is 0. The number of hydrogen-bond acceptors (Lipinski definition) is 3. The van der Waals surface area contributed by atoms with Crippen molar-refractivity contribution in [3.8, 4) is 0 Å². The monoisotopic (exact) mass is 281 g/mol. The van der Waals surface area contributed by atoms with Gasteiger partial charge in [-0.2, -0.15) is 5.10 Å². The van der Waals surface area contributed by atoms with Gasteiger partial charge >= 0.3 is 5.97 Å². The predicted molar refractivity (Wildman–Crippen MR) is 75.6 cm³/mol. The Hall–Kier alpha value is -1.85. The first-order valence-corrected chi connectivity index (χ1v) is 6.80. The molecule has 1 aromatic heterocycles. The highest BCUT2D eigenvalue weighted by Crippen LogP contribution is 2.14. The molecule has 2 N–H and O–H groups in total. The van der Waals surface area contributed by atoms with Crippen LogP contribution in [0.5, 0.6) is 0 Å². The van der Waals surface area contributed by atoms with Crippen molar-refractivity contribution in [2.24, 2.45) is 13.0 Å². The van der Waals surface area contributed by atoms with Crippen LogP contribution in [0, 0.1) is 5.92 Å². The minimum atomic E-state index is -1.02. The minimum Gasteiger partial charge on any atom is -0.480 e. The Morgan fingerprint density at radius 2 is 1.95 bits per heavy atom. The van der Waals surface area contributed by atoms with Crippen molar-refractivity contribution in [3.63, 3.8) is 0 Å². The summed E-state index contributed by atoms with van der Waals surface area (Å²) in [7, 11) is 1.68. The lowest BCUT2D eigenvalue weighted by atomic mass is 10.0. The van der Waals surface area contributed by atoms with Crippen molar-refractivity contribution >= 4 is 11.9 Å². The molecule has 1 atom stereocenters. The highest BCUT2D eigenvalue weighted by atomic mass is 16.4. The van der Waals surface area contributed by atoms with E-state index in [0.29, 0.717) is 12.1 Å². The average molecular weight is 281 g/mol. The van der Waals surface area contributed by atoms with E-state index < -0.39 is 17.9 Å². The van der Waals surface area contributed by atoms with Crippen molar-refractivity contribution in [1.82, 2.24) is 15.1 Å². The Morgan fingerprint density at radius 1 is 1.35 bits per heavy atom. The first kappa shape index (κ1) is 16.2. The summed E-state index contributed by atoms with van der Waals surface area (Å²) < 4.78 is 1.49. The quantitative estimate of drug-likeness (QED) is 0.832. The SMILES string of the molecule is CC(C)C[C@@H](NC(=O)c1cc(C(C)C)nn1C)C(=O)O. The summed E-state index contributed by atoms with van der Waals surface area (Å²) in [6.07, 6.45) is 0.399. The number of hydrogen-bond donors (Lipinski definition) is 2. The van der Waals surface area contributed by atoms with Crippen LogP contribution >= 0.6 is 0 Å². The van der Waals surface area contributed by atoms with Gasteiger partial charge in [0.25, 0.3) is 5.91 Å². The summed E-state index contributed by atoms with van der Waals surface area (Å²) in [6.45, 7) is 7.82. The maximum Gasteiger partial charge on any atom is 0.326 e. The molecule has 1 heterocycles. The number of carbonyl (C=O) groups is 2. The average Bonchev–Trinajstić information content (AvgIpc) is 2.69. The summed E-state index contributed by atoms with van der Waals surface area (Å²) in [4.78, 5) is 23.3. The maximum atomic E-state index is 12.2. The van der Waals surface area contributed by atoms with Crippen molar-refractivity contribution in [3.05, 3.63) is 17.5 Å². The summed E-state index contributed by atoms with van der Waals surface area (Å²) in [5.74, 6) is -1.01. The first-order valence-electron chi connectivity index (χ1n) is 6.80. The largest absolute Gasteiger partial charge is 0.480 e. The number of aryl methyl sites for hydroxylation is 1. The van der Waals surface area contributed by atoms with Gasteiger partial charge in [-0.05, 0) is 24.3 Å². The predicted octanol–water partition coefficient (Wildman–Crippen LogP) is 1.77. The topological polar surface area (TPSA) is 84.2 Å². The van der Waals surface area contributed by atoms with Gasteiger partial charge in [-0.3, -0.25) is 9.48 Å². The van der Waals surface area contributed by atoms with E-state index >= 15 is 0 Å². The molecule has 0 saturated heterocycles. The molecule has 0 aromatic carbocycles. The van der Waals surface area contributed by atoms with Gasteiger partial charge in [-0.15, -0.1) is 0 Å². The van der Waals surface area contributed by atoms with Crippen molar-refractivity contribution in [1.29, 1.82) is 0 Å². The van der Waals surface area contributed by atoms with E-state index in [0.717, 1.165) is 5.69 Å². The maximum absolute atomic E-state index is 12.2. The zero-order valence-corrected chi connectivity index (χ0v) is 12.7. The molecule has 6 heteroatoms. The van der Waals surface area contributed by atoms with E-state index in [9.17, 15) is 9.59 Å². The molecule has 1 aromatic rings. The van der Waals surface area contributed by atoms with E-state index in [-0.39, 0.29) is 11.8 Å².